The van der Waals surface area contributed by atoms with E-state index in [0.29, 0.717) is 22.8 Å². The van der Waals surface area contributed by atoms with Crippen LogP contribution in [0.15, 0.2) is 58.3 Å². The number of methoxy groups -OCH3 is 1. The summed E-state index contributed by atoms with van der Waals surface area (Å²) in [5.74, 6) is 1.86. The van der Waals surface area contributed by atoms with Crippen molar-refractivity contribution in [1.82, 2.24) is 4.57 Å². The lowest BCUT2D eigenvalue weighted by Gasteiger charge is -2.31. The van der Waals surface area contributed by atoms with E-state index in [4.69, 9.17) is 9.73 Å². The van der Waals surface area contributed by atoms with Gasteiger partial charge >= 0.3 is 0 Å². The van der Waals surface area contributed by atoms with Crippen LogP contribution in [-0.2, 0) is 6.54 Å². The molecule has 1 aromatic heterocycles. The number of hydrogen-bond donors (Lipinski definition) is 1. The Morgan fingerprint density at radius 3 is 2.52 bits per heavy atom. The SMILES string of the molecule is COc1ccc(Cn2c(O)c(C=N[C@@H]3CCC[C@H](C)[C@@H]3C)c3ccccc3c2=O)cc1. The summed E-state index contributed by atoms with van der Waals surface area (Å²) in [6, 6.07) is 15.2. The first-order valence-corrected chi connectivity index (χ1v) is 11.0. The third-order valence-corrected chi connectivity index (χ3v) is 6.75. The second-order valence-electron chi connectivity index (χ2n) is 8.64. The summed E-state index contributed by atoms with van der Waals surface area (Å²) >= 11 is 0. The summed E-state index contributed by atoms with van der Waals surface area (Å²) in [7, 11) is 1.62. The molecule has 1 aliphatic rings. The maximum Gasteiger partial charge on any atom is 0.261 e. The van der Waals surface area contributed by atoms with Gasteiger partial charge in [0.15, 0.2) is 0 Å². The lowest BCUT2D eigenvalue weighted by atomic mass is 9.78. The third-order valence-electron chi connectivity index (χ3n) is 6.75. The zero-order valence-electron chi connectivity index (χ0n) is 18.4. The van der Waals surface area contributed by atoms with E-state index in [2.05, 4.69) is 13.8 Å². The zero-order chi connectivity index (χ0) is 22.0. The fourth-order valence-corrected chi connectivity index (χ4v) is 4.53. The van der Waals surface area contributed by atoms with Crippen molar-refractivity contribution in [2.45, 2.75) is 45.7 Å². The number of rotatable bonds is 5. The molecule has 0 unspecified atom stereocenters. The molecule has 4 rings (SSSR count). The maximum absolute atomic E-state index is 13.2. The number of ether oxygens (including phenoxy) is 1. The van der Waals surface area contributed by atoms with Crippen LogP contribution in [0.5, 0.6) is 11.6 Å². The van der Waals surface area contributed by atoms with Crippen molar-refractivity contribution in [2.75, 3.05) is 7.11 Å². The summed E-state index contributed by atoms with van der Waals surface area (Å²) in [5, 5.41) is 12.4. The molecule has 1 aliphatic carbocycles. The summed E-state index contributed by atoms with van der Waals surface area (Å²) in [6.45, 7) is 4.82. The Morgan fingerprint density at radius 1 is 1.10 bits per heavy atom. The molecule has 0 radical (unpaired) electrons. The quantitative estimate of drug-likeness (QED) is 0.593. The Labute approximate surface area is 183 Å². The van der Waals surface area contributed by atoms with Crippen molar-refractivity contribution in [2.24, 2.45) is 16.8 Å². The van der Waals surface area contributed by atoms with Gasteiger partial charge in [-0.25, -0.2) is 0 Å². The highest BCUT2D eigenvalue weighted by Gasteiger charge is 2.26. The van der Waals surface area contributed by atoms with E-state index in [1.54, 1.807) is 13.3 Å². The topological polar surface area (TPSA) is 63.8 Å². The van der Waals surface area contributed by atoms with Crippen molar-refractivity contribution in [3.63, 3.8) is 0 Å². The largest absolute Gasteiger partial charge is 0.497 e. The molecule has 1 heterocycles. The van der Waals surface area contributed by atoms with E-state index in [1.807, 2.05) is 48.5 Å². The van der Waals surface area contributed by atoms with Gasteiger partial charge in [0.2, 0.25) is 5.88 Å². The molecular weight excluding hydrogens is 388 g/mol. The standard InChI is InChI=1S/C26H30N2O3/c1-17-7-6-10-24(18(17)2)27-15-23-21-8-4-5-9-22(21)25(29)28(26(23)30)16-19-11-13-20(31-3)14-12-19/h4-5,8-9,11-15,17-18,24,30H,6-7,10,16H2,1-3H3/t17-,18-,24+/m0/s1. The molecule has 0 saturated heterocycles. The van der Waals surface area contributed by atoms with Crippen molar-refractivity contribution < 1.29 is 9.84 Å². The molecule has 31 heavy (non-hydrogen) atoms. The van der Waals surface area contributed by atoms with Crippen LogP contribution in [-0.4, -0.2) is 29.0 Å². The van der Waals surface area contributed by atoms with Crippen molar-refractivity contribution in [3.8, 4) is 11.6 Å². The van der Waals surface area contributed by atoms with E-state index in [-0.39, 0.29) is 24.0 Å². The predicted molar refractivity (Wildman–Crippen MR) is 126 cm³/mol. The van der Waals surface area contributed by atoms with Crippen molar-refractivity contribution in [3.05, 3.63) is 70.0 Å². The number of aromatic hydroxyl groups is 1. The van der Waals surface area contributed by atoms with E-state index < -0.39 is 0 Å². The van der Waals surface area contributed by atoms with Gasteiger partial charge in [-0.15, -0.1) is 0 Å². The van der Waals surface area contributed by atoms with Gasteiger partial charge in [0.25, 0.3) is 5.56 Å². The number of nitrogens with zero attached hydrogens (tertiary/aromatic N) is 2. The summed E-state index contributed by atoms with van der Waals surface area (Å²) in [5.41, 5.74) is 1.31. The highest BCUT2D eigenvalue weighted by molar-refractivity contribution is 6.01. The Bertz CT molecular complexity index is 1150. The first kappa shape index (κ1) is 21.2. The molecule has 0 amide bonds. The second-order valence-corrected chi connectivity index (χ2v) is 8.64. The van der Waals surface area contributed by atoms with Crippen LogP contribution in [0.1, 0.15) is 44.2 Å². The minimum absolute atomic E-state index is 0.0419. The van der Waals surface area contributed by atoms with Gasteiger partial charge in [0.1, 0.15) is 5.75 Å². The van der Waals surface area contributed by atoms with Crippen molar-refractivity contribution >= 4 is 17.0 Å². The highest BCUT2D eigenvalue weighted by atomic mass is 16.5. The average molecular weight is 419 g/mol. The van der Waals surface area contributed by atoms with Crippen LogP contribution in [0.2, 0.25) is 0 Å². The van der Waals surface area contributed by atoms with Crippen LogP contribution >= 0.6 is 0 Å². The molecule has 3 aromatic rings. The van der Waals surface area contributed by atoms with E-state index in [1.165, 1.54) is 17.4 Å². The molecular formula is C26H30N2O3. The molecule has 2 aromatic carbocycles. The average Bonchev–Trinajstić information content (AvgIpc) is 2.79. The first-order valence-electron chi connectivity index (χ1n) is 11.0. The minimum atomic E-state index is -0.208. The fraction of sp³-hybridized carbons (Fsp3) is 0.385. The van der Waals surface area contributed by atoms with Crippen LogP contribution < -0.4 is 10.3 Å². The number of benzene rings is 2. The fourth-order valence-electron chi connectivity index (χ4n) is 4.53. The smallest absolute Gasteiger partial charge is 0.261 e. The zero-order valence-corrected chi connectivity index (χ0v) is 18.4. The van der Waals surface area contributed by atoms with Gasteiger partial charge in [0.05, 0.1) is 25.3 Å². The number of fused-ring (bicyclic) bond motifs is 1. The molecule has 3 atom stereocenters. The molecule has 1 N–H and O–H groups in total. The molecule has 1 saturated carbocycles. The van der Waals surface area contributed by atoms with Crippen LogP contribution in [0.25, 0.3) is 10.8 Å². The van der Waals surface area contributed by atoms with Gasteiger partial charge in [-0.3, -0.25) is 14.4 Å². The number of aromatic nitrogens is 1. The minimum Gasteiger partial charge on any atom is -0.497 e. The van der Waals surface area contributed by atoms with E-state index in [9.17, 15) is 9.90 Å². The molecule has 0 bridgehead atoms. The Hall–Kier alpha value is -3.08. The summed E-state index contributed by atoms with van der Waals surface area (Å²) in [6.07, 6.45) is 5.26. The molecule has 0 aliphatic heterocycles. The Balaban J connectivity index is 1.77. The van der Waals surface area contributed by atoms with Crippen molar-refractivity contribution in [1.29, 1.82) is 0 Å². The lowest BCUT2D eigenvalue weighted by molar-refractivity contribution is 0.242. The number of hydrogen-bond acceptors (Lipinski definition) is 4. The molecule has 5 heteroatoms. The monoisotopic (exact) mass is 418 g/mol. The van der Waals surface area contributed by atoms with Gasteiger partial charge in [-0.2, -0.15) is 0 Å². The summed E-state index contributed by atoms with van der Waals surface area (Å²) < 4.78 is 6.64. The maximum atomic E-state index is 13.2. The van der Waals surface area contributed by atoms with Crippen LogP contribution in [0, 0.1) is 11.8 Å². The number of pyridine rings is 1. The normalized spacial score (nSPS) is 21.6. The Morgan fingerprint density at radius 2 is 1.81 bits per heavy atom. The lowest BCUT2D eigenvalue weighted by Crippen LogP contribution is -2.27. The number of aliphatic imine (C=N–C) groups is 1. The van der Waals surface area contributed by atoms with Crippen LogP contribution in [0.3, 0.4) is 0 Å². The van der Waals surface area contributed by atoms with E-state index >= 15 is 0 Å². The third kappa shape index (κ3) is 4.22. The Kier molecular flexibility index (Phi) is 6.12. The van der Waals surface area contributed by atoms with Gasteiger partial charge in [-0.1, -0.05) is 57.0 Å². The molecule has 5 nitrogen and oxygen atoms in total. The van der Waals surface area contributed by atoms with Gasteiger partial charge in [0, 0.05) is 17.0 Å². The second kappa shape index (κ2) is 8.96. The predicted octanol–water partition coefficient (Wildman–Crippen LogP) is 5.01. The van der Waals surface area contributed by atoms with Gasteiger partial charge in [-0.05, 0) is 42.0 Å². The van der Waals surface area contributed by atoms with Crippen LogP contribution in [0.4, 0.5) is 0 Å². The first-order chi connectivity index (χ1) is 15.0. The van der Waals surface area contributed by atoms with Gasteiger partial charge < -0.3 is 9.84 Å². The van der Waals surface area contributed by atoms with E-state index in [0.717, 1.165) is 23.1 Å². The molecule has 162 valence electrons. The highest BCUT2D eigenvalue weighted by Crippen LogP contribution is 2.32. The molecule has 1 fully saturated rings. The molecule has 0 spiro atoms. The summed E-state index contributed by atoms with van der Waals surface area (Å²) in [4.78, 5) is 18.0.